The number of aliphatic hydroxyl groups is 1. The third kappa shape index (κ3) is 3.51. The van der Waals surface area contributed by atoms with Crippen LogP contribution in [0.4, 0.5) is 0 Å². The number of carbonyl (C=O) groups is 1. The first-order valence-electron chi connectivity index (χ1n) is 7.77. The van der Waals surface area contributed by atoms with E-state index in [1.807, 2.05) is 48.5 Å². The lowest BCUT2D eigenvalue weighted by Gasteiger charge is -2.23. The van der Waals surface area contributed by atoms with Gasteiger partial charge in [0.15, 0.2) is 5.78 Å². The zero-order valence-corrected chi connectivity index (χ0v) is 13.2. The number of rotatable bonds is 4. The molecule has 1 N–H and O–H groups in total. The number of ketones is 1. The molecule has 3 rings (SSSR count). The number of allylic oxidation sites excluding steroid dienone is 2. The van der Waals surface area contributed by atoms with Gasteiger partial charge in [-0.25, -0.2) is 0 Å². The summed E-state index contributed by atoms with van der Waals surface area (Å²) in [5, 5.41) is 9.29. The van der Waals surface area contributed by atoms with Gasteiger partial charge >= 0.3 is 0 Å². The van der Waals surface area contributed by atoms with Gasteiger partial charge in [-0.15, -0.1) is 0 Å². The van der Waals surface area contributed by atoms with E-state index in [1.165, 1.54) is 0 Å². The van der Waals surface area contributed by atoms with Crippen LogP contribution in [0.5, 0.6) is 5.75 Å². The largest absolute Gasteiger partial charge is 0.497 e. The van der Waals surface area contributed by atoms with Crippen LogP contribution in [-0.2, 0) is 11.4 Å². The molecular weight excluding hydrogens is 288 g/mol. The van der Waals surface area contributed by atoms with Gasteiger partial charge in [0.25, 0.3) is 0 Å². The Morgan fingerprint density at radius 3 is 2.61 bits per heavy atom. The highest BCUT2D eigenvalue weighted by Crippen LogP contribution is 2.36. The van der Waals surface area contributed by atoms with Crippen molar-refractivity contribution in [1.29, 1.82) is 0 Å². The van der Waals surface area contributed by atoms with Crippen molar-refractivity contribution in [2.75, 3.05) is 7.11 Å². The number of methoxy groups -OCH3 is 1. The van der Waals surface area contributed by atoms with E-state index in [-0.39, 0.29) is 18.3 Å². The number of ether oxygens (including phenoxy) is 1. The molecule has 0 unspecified atom stereocenters. The molecule has 1 aliphatic rings. The maximum absolute atomic E-state index is 12.2. The fourth-order valence-corrected chi connectivity index (χ4v) is 3.08. The quantitative estimate of drug-likeness (QED) is 0.936. The molecule has 3 heteroatoms. The van der Waals surface area contributed by atoms with E-state index in [0.717, 1.165) is 34.4 Å². The van der Waals surface area contributed by atoms with Crippen LogP contribution in [0.3, 0.4) is 0 Å². The Morgan fingerprint density at radius 2 is 1.91 bits per heavy atom. The van der Waals surface area contributed by atoms with Gasteiger partial charge in [0, 0.05) is 6.42 Å². The number of hydrogen-bond acceptors (Lipinski definition) is 3. The zero-order valence-electron chi connectivity index (χ0n) is 13.2. The van der Waals surface area contributed by atoms with Crippen molar-refractivity contribution < 1.29 is 14.6 Å². The molecule has 23 heavy (non-hydrogen) atoms. The van der Waals surface area contributed by atoms with Gasteiger partial charge < -0.3 is 9.84 Å². The van der Waals surface area contributed by atoms with Gasteiger partial charge in [0.05, 0.1) is 13.7 Å². The highest BCUT2D eigenvalue weighted by molar-refractivity contribution is 5.99. The van der Waals surface area contributed by atoms with Gasteiger partial charge in [-0.3, -0.25) is 4.79 Å². The summed E-state index contributed by atoms with van der Waals surface area (Å²) in [4.78, 5) is 12.2. The number of hydrogen-bond donors (Lipinski definition) is 1. The summed E-state index contributed by atoms with van der Waals surface area (Å²) in [5.41, 5.74) is 4.07. The lowest BCUT2D eigenvalue weighted by molar-refractivity contribution is -0.115. The zero-order chi connectivity index (χ0) is 16.2. The van der Waals surface area contributed by atoms with Crippen LogP contribution in [0.25, 0.3) is 5.57 Å². The van der Waals surface area contributed by atoms with Crippen molar-refractivity contribution in [2.24, 2.45) is 0 Å². The van der Waals surface area contributed by atoms with Crippen molar-refractivity contribution in [2.45, 2.75) is 25.4 Å². The van der Waals surface area contributed by atoms with E-state index in [0.29, 0.717) is 6.42 Å². The minimum Gasteiger partial charge on any atom is -0.497 e. The van der Waals surface area contributed by atoms with Crippen LogP contribution in [0.2, 0.25) is 0 Å². The molecule has 0 saturated carbocycles. The second kappa shape index (κ2) is 6.80. The monoisotopic (exact) mass is 308 g/mol. The average Bonchev–Trinajstić information content (AvgIpc) is 2.61. The van der Waals surface area contributed by atoms with Crippen LogP contribution in [0.15, 0.2) is 54.6 Å². The van der Waals surface area contributed by atoms with Gasteiger partial charge in [0.1, 0.15) is 5.75 Å². The molecule has 3 nitrogen and oxygen atoms in total. The molecular formula is C20H20O3. The normalized spacial score (nSPS) is 17.7. The Kier molecular flexibility index (Phi) is 4.58. The Bertz CT molecular complexity index is 729. The molecule has 0 saturated heterocycles. The van der Waals surface area contributed by atoms with Crippen molar-refractivity contribution in [3.63, 3.8) is 0 Å². The van der Waals surface area contributed by atoms with Crippen LogP contribution >= 0.6 is 0 Å². The maximum atomic E-state index is 12.2. The predicted octanol–water partition coefficient (Wildman–Crippen LogP) is 3.72. The molecule has 0 bridgehead atoms. The molecule has 0 aliphatic heterocycles. The third-order valence-electron chi connectivity index (χ3n) is 4.32. The fraction of sp³-hybridized carbons (Fsp3) is 0.250. The van der Waals surface area contributed by atoms with Crippen LogP contribution in [-0.4, -0.2) is 18.0 Å². The van der Waals surface area contributed by atoms with E-state index >= 15 is 0 Å². The van der Waals surface area contributed by atoms with Crippen molar-refractivity contribution in [3.8, 4) is 5.75 Å². The first-order valence-corrected chi connectivity index (χ1v) is 7.77. The topological polar surface area (TPSA) is 46.5 Å². The molecule has 0 spiro atoms. The summed E-state index contributed by atoms with van der Waals surface area (Å²) in [6.45, 7) is 0.0109. The van der Waals surface area contributed by atoms with Gasteiger partial charge in [-0.2, -0.15) is 0 Å². The first kappa shape index (κ1) is 15.5. The van der Waals surface area contributed by atoms with E-state index in [1.54, 1.807) is 13.2 Å². The summed E-state index contributed by atoms with van der Waals surface area (Å²) in [6.07, 6.45) is 3.11. The number of aliphatic hydroxyl groups excluding tert-OH is 1. The highest BCUT2D eigenvalue weighted by Gasteiger charge is 2.23. The third-order valence-corrected chi connectivity index (χ3v) is 4.32. The molecule has 2 aromatic carbocycles. The minimum atomic E-state index is 0.0109. The van der Waals surface area contributed by atoms with Crippen LogP contribution in [0.1, 0.15) is 35.4 Å². The van der Waals surface area contributed by atoms with E-state index in [9.17, 15) is 9.90 Å². The van der Waals surface area contributed by atoms with E-state index in [2.05, 4.69) is 0 Å². The SMILES string of the molecule is COc1ccc([C@H]2CC(=O)C=C(c3cccc(CO)c3)C2)cc1. The van der Waals surface area contributed by atoms with Gasteiger partial charge in [-0.05, 0) is 58.9 Å². The summed E-state index contributed by atoms with van der Waals surface area (Å²) in [5.74, 6) is 1.16. The van der Waals surface area contributed by atoms with Crippen LogP contribution < -0.4 is 4.74 Å². The van der Waals surface area contributed by atoms with Gasteiger partial charge in [-0.1, -0.05) is 30.3 Å². The lowest BCUT2D eigenvalue weighted by Crippen LogP contribution is -2.12. The molecule has 0 radical (unpaired) electrons. The minimum absolute atomic E-state index is 0.0109. The summed E-state index contributed by atoms with van der Waals surface area (Å²) >= 11 is 0. The molecule has 0 heterocycles. The molecule has 0 amide bonds. The Labute approximate surface area is 136 Å². The number of carbonyl (C=O) groups excluding carboxylic acids is 1. The Balaban J connectivity index is 1.86. The second-order valence-corrected chi connectivity index (χ2v) is 5.87. The van der Waals surface area contributed by atoms with Crippen molar-refractivity contribution >= 4 is 11.4 Å². The van der Waals surface area contributed by atoms with Crippen LogP contribution in [0, 0.1) is 0 Å². The van der Waals surface area contributed by atoms with Crippen molar-refractivity contribution in [1.82, 2.24) is 0 Å². The smallest absolute Gasteiger partial charge is 0.156 e. The first-order chi connectivity index (χ1) is 11.2. The molecule has 1 aliphatic carbocycles. The maximum Gasteiger partial charge on any atom is 0.156 e. The Hall–Kier alpha value is -2.39. The molecule has 0 fully saturated rings. The molecule has 118 valence electrons. The van der Waals surface area contributed by atoms with Crippen molar-refractivity contribution in [3.05, 3.63) is 71.3 Å². The van der Waals surface area contributed by atoms with E-state index in [4.69, 9.17) is 4.74 Å². The molecule has 0 aromatic heterocycles. The highest BCUT2D eigenvalue weighted by atomic mass is 16.5. The van der Waals surface area contributed by atoms with Gasteiger partial charge in [0.2, 0.25) is 0 Å². The molecule has 1 atom stereocenters. The second-order valence-electron chi connectivity index (χ2n) is 5.87. The number of benzene rings is 2. The van der Waals surface area contributed by atoms with E-state index < -0.39 is 0 Å². The Morgan fingerprint density at radius 1 is 1.13 bits per heavy atom. The predicted molar refractivity (Wildman–Crippen MR) is 90.3 cm³/mol. The fourth-order valence-electron chi connectivity index (χ4n) is 3.08. The summed E-state index contributed by atoms with van der Waals surface area (Å²) < 4.78 is 5.19. The summed E-state index contributed by atoms with van der Waals surface area (Å²) in [7, 11) is 1.65. The average molecular weight is 308 g/mol. The standard InChI is InChI=1S/C20H20O3/c1-23-20-7-5-15(6-8-20)17-10-18(12-19(22)11-17)16-4-2-3-14(9-16)13-21/h2-9,12,17,21H,10-11,13H2,1H3/t17-/m1/s1. The molecule has 2 aromatic rings. The summed E-state index contributed by atoms with van der Waals surface area (Å²) in [6, 6.07) is 15.7. The lowest BCUT2D eigenvalue weighted by atomic mass is 9.81.